The molecule has 2 N–H and O–H groups in total. The number of nitrogens with one attached hydrogen (secondary N) is 2. The van der Waals surface area contributed by atoms with E-state index in [0.29, 0.717) is 6.61 Å². The second kappa shape index (κ2) is 8.70. The van der Waals surface area contributed by atoms with Gasteiger partial charge in [0.05, 0.1) is 18.7 Å². The quantitative estimate of drug-likeness (QED) is 0.522. The van der Waals surface area contributed by atoms with Crippen molar-refractivity contribution in [3.8, 4) is 5.75 Å². The summed E-state index contributed by atoms with van der Waals surface area (Å²) in [5.41, 5.74) is 11.1. The van der Waals surface area contributed by atoms with E-state index in [1.54, 1.807) is 0 Å². The number of benzene rings is 3. The van der Waals surface area contributed by atoms with E-state index in [-0.39, 0.29) is 30.0 Å². The standard InChI is InChI=1S/C26H26BrN3O2/c1-3-32-21-14-8-17(9-15-21)23-22-24(29-28-23)26(31)30(20-12-10-19(27)11-13-20)25(22)18-6-4-16(2)5-7-18/h4-15,22-25,28-29H,3H2,1-2H3. The number of ether oxygens (including phenoxy) is 1. The highest BCUT2D eigenvalue weighted by atomic mass is 79.9. The van der Waals surface area contributed by atoms with E-state index in [9.17, 15) is 4.79 Å². The predicted molar refractivity (Wildman–Crippen MR) is 129 cm³/mol. The van der Waals surface area contributed by atoms with Crippen LogP contribution < -0.4 is 20.5 Å². The van der Waals surface area contributed by atoms with Crippen molar-refractivity contribution in [2.45, 2.75) is 32.0 Å². The van der Waals surface area contributed by atoms with Crippen molar-refractivity contribution >= 4 is 27.5 Å². The van der Waals surface area contributed by atoms with Crippen molar-refractivity contribution in [2.24, 2.45) is 5.92 Å². The largest absolute Gasteiger partial charge is 0.494 e. The molecule has 0 saturated carbocycles. The number of anilines is 1. The number of nitrogens with zero attached hydrogens (tertiary/aromatic N) is 1. The fourth-order valence-corrected chi connectivity index (χ4v) is 5.15. The number of rotatable bonds is 5. The van der Waals surface area contributed by atoms with Gasteiger partial charge in [-0.1, -0.05) is 57.9 Å². The van der Waals surface area contributed by atoms with Gasteiger partial charge in [-0.3, -0.25) is 4.79 Å². The number of hydrazine groups is 1. The molecule has 0 aromatic heterocycles. The maximum absolute atomic E-state index is 13.6. The zero-order chi connectivity index (χ0) is 22.2. The summed E-state index contributed by atoms with van der Waals surface area (Å²) in [5.74, 6) is 0.975. The van der Waals surface area contributed by atoms with Crippen LogP contribution in [0.2, 0.25) is 0 Å². The SMILES string of the molecule is CCOc1ccc(C2NNC3C(=O)N(c4ccc(Br)cc4)C(c4ccc(C)cc4)C32)cc1. The molecule has 6 heteroatoms. The molecule has 2 aliphatic heterocycles. The molecule has 4 unspecified atom stereocenters. The zero-order valence-electron chi connectivity index (χ0n) is 18.1. The Kier molecular flexibility index (Phi) is 5.76. The maximum atomic E-state index is 13.6. The molecule has 2 saturated heterocycles. The van der Waals surface area contributed by atoms with Crippen LogP contribution in [-0.4, -0.2) is 18.6 Å². The average Bonchev–Trinajstić information content (AvgIpc) is 3.35. The van der Waals surface area contributed by atoms with Crippen molar-refractivity contribution in [2.75, 3.05) is 11.5 Å². The molecular weight excluding hydrogens is 466 g/mol. The van der Waals surface area contributed by atoms with Gasteiger partial charge in [0.2, 0.25) is 5.91 Å². The van der Waals surface area contributed by atoms with Crippen LogP contribution in [0.1, 0.15) is 35.7 Å². The number of amides is 1. The Balaban J connectivity index is 1.57. The van der Waals surface area contributed by atoms with E-state index < -0.39 is 0 Å². The third kappa shape index (κ3) is 3.72. The first kappa shape index (κ1) is 21.2. The van der Waals surface area contributed by atoms with Gasteiger partial charge in [-0.05, 0) is 61.4 Å². The second-order valence-electron chi connectivity index (χ2n) is 8.36. The Morgan fingerprint density at radius 2 is 1.50 bits per heavy atom. The smallest absolute Gasteiger partial charge is 0.246 e. The van der Waals surface area contributed by atoms with Crippen molar-refractivity contribution in [1.82, 2.24) is 10.9 Å². The van der Waals surface area contributed by atoms with Crippen LogP contribution in [-0.2, 0) is 4.79 Å². The molecule has 0 aliphatic carbocycles. The Labute approximate surface area is 196 Å². The summed E-state index contributed by atoms with van der Waals surface area (Å²) in [7, 11) is 0. The fourth-order valence-electron chi connectivity index (χ4n) is 4.88. The highest BCUT2D eigenvalue weighted by Crippen LogP contribution is 2.49. The highest BCUT2D eigenvalue weighted by Gasteiger charge is 2.55. The predicted octanol–water partition coefficient (Wildman–Crippen LogP) is 5.08. The van der Waals surface area contributed by atoms with Crippen molar-refractivity contribution < 1.29 is 9.53 Å². The molecule has 3 aromatic rings. The lowest BCUT2D eigenvalue weighted by molar-refractivity contribution is -0.119. The van der Waals surface area contributed by atoms with E-state index in [1.807, 2.05) is 48.2 Å². The molecule has 0 radical (unpaired) electrons. The normalized spacial score (nSPS) is 24.6. The number of hydrogen-bond donors (Lipinski definition) is 2. The van der Waals surface area contributed by atoms with E-state index in [0.717, 1.165) is 27.0 Å². The van der Waals surface area contributed by atoms with Crippen LogP contribution in [0.15, 0.2) is 77.3 Å². The van der Waals surface area contributed by atoms with Gasteiger partial charge in [-0.25, -0.2) is 10.9 Å². The lowest BCUT2D eigenvalue weighted by Gasteiger charge is -2.31. The van der Waals surface area contributed by atoms with Crippen LogP contribution in [0.4, 0.5) is 5.69 Å². The molecule has 4 atom stereocenters. The van der Waals surface area contributed by atoms with E-state index in [1.165, 1.54) is 5.56 Å². The Hall–Kier alpha value is -2.67. The first-order chi connectivity index (χ1) is 15.6. The van der Waals surface area contributed by atoms with Crippen LogP contribution >= 0.6 is 15.9 Å². The van der Waals surface area contributed by atoms with Crippen LogP contribution in [0.3, 0.4) is 0 Å². The van der Waals surface area contributed by atoms with Crippen molar-refractivity contribution in [3.05, 3.63) is 94.0 Å². The van der Waals surface area contributed by atoms with Crippen LogP contribution in [0.5, 0.6) is 5.75 Å². The molecule has 5 rings (SSSR count). The molecule has 3 aromatic carbocycles. The number of hydrogen-bond acceptors (Lipinski definition) is 4. The van der Waals surface area contributed by atoms with Gasteiger partial charge < -0.3 is 9.64 Å². The average molecular weight is 492 g/mol. The Morgan fingerprint density at radius 1 is 0.875 bits per heavy atom. The van der Waals surface area contributed by atoms with E-state index in [2.05, 4.69) is 70.1 Å². The number of carbonyl (C=O) groups is 1. The fraction of sp³-hybridized carbons (Fsp3) is 0.269. The van der Waals surface area contributed by atoms with Crippen molar-refractivity contribution in [1.29, 1.82) is 0 Å². The summed E-state index contributed by atoms with van der Waals surface area (Å²) in [4.78, 5) is 15.6. The Morgan fingerprint density at radius 3 is 2.16 bits per heavy atom. The molecule has 0 spiro atoms. The summed E-state index contributed by atoms with van der Waals surface area (Å²) in [5, 5.41) is 0. The minimum Gasteiger partial charge on any atom is -0.494 e. The van der Waals surface area contributed by atoms with E-state index >= 15 is 0 Å². The molecular formula is C26H26BrN3O2. The molecule has 0 bridgehead atoms. The van der Waals surface area contributed by atoms with Gasteiger partial charge >= 0.3 is 0 Å². The molecule has 2 heterocycles. The third-order valence-electron chi connectivity index (χ3n) is 6.38. The first-order valence-corrected chi connectivity index (χ1v) is 11.7. The minimum absolute atomic E-state index is 0.00798. The molecule has 2 aliphatic rings. The summed E-state index contributed by atoms with van der Waals surface area (Å²) in [6.45, 7) is 4.70. The molecule has 2 fully saturated rings. The number of aryl methyl sites for hydroxylation is 1. The van der Waals surface area contributed by atoms with Gasteiger partial charge in [0.1, 0.15) is 11.8 Å². The molecule has 164 valence electrons. The van der Waals surface area contributed by atoms with Gasteiger partial charge in [-0.2, -0.15) is 0 Å². The minimum atomic E-state index is -0.304. The van der Waals surface area contributed by atoms with Gasteiger partial charge in [0.25, 0.3) is 0 Å². The Bertz CT molecular complexity index is 1100. The van der Waals surface area contributed by atoms with Gasteiger partial charge in [0.15, 0.2) is 0 Å². The summed E-state index contributed by atoms with van der Waals surface area (Å²) < 4.78 is 6.60. The van der Waals surface area contributed by atoms with Crippen LogP contribution in [0, 0.1) is 12.8 Å². The second-order valence-corrected chi connectivity index (χ2v) is 9.28. The van der Waals surface area contributed by atoms with Crippen molar-refractivity contribution in [3.63, 3.8) is 0 Å². The summed E-state index contributed by atoms with van der Waals surface area (Å²) in [6.07, 6.45) is 0. The molecule has 32 heavy (non-hydrogen) atoms. The lowest BCUT2D eigenvalue weighted by Crippen LogP contribution is -2.41. The number of fused-ring (bicyclic) bond motifs is 1. The lowest BCUT2D eigenvalue weighted by atomic mass is 9.83. The van der Waals surface area contributed by atoms with Gasteiger partial charge in [0, 0.05) is 16.1 Å². The maximum Gasteiger partial charge on any atom is 0.246 e. The monoisotopic (exact) mass is 491 g/mol. The summed E-state index contributed by atoms with van der Waals surface area (Å²) in [6, 6.07) is 24.3. The third-order valence-corrected chi connectivity index (χ3v) is 6.91. The molecule has 5 nitrogen and oxygen atoms in total. The number of carbonyl (C=O) groups excluding carboxylic acids is 1. The first-order valence-electron chi connectivity index (χ1n) is 11.0. The van der Waals surface area contributed by atoms with E-state index in [4.69, 9.17) is 4.74 Å². The topological polar surface area (TPSA) is 53.6 Å². The van der Waals surface area contributed by atoms with Gasteiger partial charge in [-0.15, -0.1) is 0 Å². The molecule has 1 amide bonds. The summed E-state index contributed by atoms with van der Waals surface area (Å²) >= 11 is 3.51. The number of halogens is 1. The highest BCUT2D eigenvalue weighted by molar-refractivity contribution is 9.10. The zero-order valence-corrected chi connectivity index (χ0v) is 19.7. The van der Waals surface area contributed by atoms with Crippen LogP contribution in [0.25, 0.3) is 0 Å².